The van der Waals surface area contributed by atoms with Crippen molar-refractivity contribution in [3.8, 4) is 0 Å². The molecule has 0 radical (unpaired) electrons. The van der Waals surface area contributed by atoms with Gasteiger partial charge in [0.1, 0.15) is 5.82 Å². The van der Waals surface area contributed by atoms with Crippen molar-refractivity contribution in [2.45, 2.75) is 63.1 Å². The molecular weight excluding hydrogens is 304 g/mol. The lowest BCUT2D eigenvalue weighted by Crippen LogP contribution is -2.50. The van der Waals surface area contributed by atoms with Crippen molar-refractivity contribution >= 4 is 0 Å². The van der Waals surface area contributed by atoms with Gasteiger partial charge in [0.05, 0.1) is 6.04 Å². The maximum absolute atomic E-state index is 11.6. The molecule has 7 heteroatoms. The second-order valence-electron chi connectivity index (χ2n) is 7.33. The van der Waals surface area contributed by atoms with Crippen LogP contribution in [-0.4, -0.2) is 36.6 Å². The van der Waals surface area contributed by atoms with Crippen LogP contribution < -0.4 is 11.0 Å². The van der Waals surface area contributed by atoms with Gasteiger partial charge in [-0.15, -0.1) is 0 Å². The van der Waals surface area contributed by atoms with E-state index < -0.39 is 0 Å². The first-order valence-corrected chi connectivity index (χ1v) is 9.06. The van der Waals surface area contributed by atoms with Crippen molar-refractivity contribution in [2.75, 3.05) is 0 Å². The molecule has 2 heterocycles. The zero-order chi connectivity index (χ0) is 16.5. The van der Waals surface area contributed by atoms with Crippen LogP contribution in [0.3, 0.4) is 0 Å². The molecule has 2 aromatic rings. The zero-order valence-corrected chi connectivity index (χ0v) is 14.2. The van der Waals surface area contributed by atoms with Gasteiger partial charge in [0.25, 0.3) is 0 Å². The molecule has 2 aliphatic carbocycles. The quantitative estimate of drug-likeness (QED) is 0.868. The van der Waals surface area contributed by atoms with E-state index in [9.17, 15) is 4.79 Å². The molecule has 2 saturated carbocycles. The average molecular weight is 330 g/mol. The number of aromatic amines is 1. The van der Waals surface area contributed by atoms with Crippen LogP contribution in [0, 0.1) is 5.92 Å². The molecule has 0 aliphatic heterocycles. The van der Waals surface area contributed by atoms with Crippen molar-refractivity contribution in [3.63, 3.8) is 0 Å². The lowest BCUT2D eigenvalue weighted by molar-refractivity contribution is 0.156. The SMILES string of the molecule is Cn1c(C[C@H]2CCCC[C@H]2NC2CC(n3cccn3)C2)n[nH]c1=O. The second kappa shape index (κ2) is 6.55. The molecule has 0 aromatic carbocycles. The van der Waals surface area contributed by atoms with Crippen LogP contribution in [0.1, 0.15) is 50.4 Å². The van der Waals surface area contributed by atoms with Crippen molar-refractivity contribution in [2.24, 2.45) is 13.0 Å². The van der Waals surface area contributed by atoms with Gasteiger partial charge in [0.15, 0.2) is 0 Å². The van der Waals surface area contributed by atoms with E-state index in [1.54, 1.807) is 11.6 Å². The normalized spacial score (nSPS) is 30.2. The summed E-state index contributed by atoms with van der Waals surface area (Å²) in [4.78, 5) is 11.6. The Bertz CT molecular complexity index is 712. The van der Waals surface area contributed by atoms with E-state index in [0.29, 0.717) is 24.0 Å². The van der Waals surface area contributed by atoms with Crippen LogP contribution in [0.4, 0.5) is 0 Å². The fourth-order valence-corrected chi connectivity index (χ4v) is 4.21. The lowest BCUT2D eigenvalue weighted by Gasteiger charge is -2.42. The highest BCUT2D eigenvalue weighted by Gasteiger charge is 2.35. The molecule has 24 heavy (non-hydrogen) atoms. The Morgan fingerprint density at radius 1 is 1.33 bits per heavy atom. The van der Waals surface area contributed by atoms with Crippen LogP contribution in [-0.2, 0) is 13.5 Å². The number of rotatable bonds is 5. The third-order valence-corrected chi connectivity index (χ3v) is 5.79. The van der Waals surface area contributed by atoms with Crippen molar-refractivity contribution in [1.29, 1.82) is 0 Å². The Hall–Kier alpha value is -1.89. The summed E-state index contributed by atoms with van der Waals surface area (Å²) in [7, 11) is 1.80. The average Bonchev–Trinajstić information content (AvgIpc) is 3.17. The third-order valence-electron chi connectivity index (χ3n) is 5.79. The summed E-state index contributed by atoms with van der Waals surface area (Å²) in [6.45, 7) is 0. The van der Waals surface area contributed by atoms with Crippen molar-refractivity contribution in [3.05, 3.63) is 34.8 Å². The van der Waals surface area contributed by atoms with Crippen molar-refractivity contribution < 1.29 is 0 Å². The van der Waals surface area contributed by atoms with Crippen LogP contribution >= 0.6 is 0 Å². The molecule has 0 amide bonds. The number of hydrogen-bond acceptors (Lipinski definition) is 4. The van der Waals surface area contributed by atoms with E-state index in [-0.39, 0.29) is 5.69 Å². The van der Waals surface area contributed by atoms with E-state index in [2.05, 4.69) is 31.5 Å². The minimum absolute atomic E-state index is 0.119. The van der Waals surface area contributed by atoms with Crippen LogP contribution in [0.2, 0.25) is 0 Å². The molecule has 2 fully saturated rings. The standard InChI is InChI=1S/C17H26N6O/c1-22-16(20-21-17(22)24)9-12-5-2-3-6-15(12)19-13-10-14(11-13)23-8-4-7-18-23/h4,7-8,12-15,19H,2-3,5-6,9-11H2,1H3,(H,21,24)/t12-,13?,14?,15-/m1/s1. The summed E-state index contributed by atoms with van der Waals surface area (Å²) < 4.78 is 3.72. The van der Waals surface area contributed by atoms with Gasteiger partial charge < -0.3 is 5.32 Å². The highest BCUT2D eigenvalue weighted by Crippen LogP contribution is 2.34. The Morgan fingerprint density at radius 2 is 2.17 bits per heavy atom. The molecular formula is C17H26N6O. The van der Waals surface area contributed by atoms with Crippen molar-refractivity contribution in [1.82, 2.24) is 29.9 Å². The van der Waals surface area contributed by atoms with Gasteiger partial charge in [-0.3, -0.25) is 9.25 Å². The molecule has 0 saturated heterocycles. The second-order valence-corrected chi connectivity index (χ2v) is 7.33. The van der Waals surface area contributed by atoms with Crippen LogP contribution in [0.5, 0.6) is 0 Å². The van der Waals surface area contributed by atoms with Gasteiger partial charge in [-0.1, -0.05) is 12.8 Å². The van der Waals surface area contributed by atoms with Gasteiger partial charge in [0, 0.05) is 37.9 Å². The zero-order valence-electron chi connectivity index (χ0n) is 14.2. The molecule has 0 spiro atoms. The Balaban J connectivity index is 1.35. The summed E-state index contributed by atoms with van der Waals surface area (Å²) in [5.74, 6) is 1.44. The molecule has 2 N–H and O–H groups in total. The summed E-state index contributed by atoms with van der Waals surface area (Å²) in [6.07, 6.45) is 12.1. The number of nitrogens with one attached hydrogen (secondary N) is 2. The minimum Gasteiger partial charge on any atom is -0.311 e. The largest absolute Gasteiger partial charge is 0.343 e. The molecule has 2 atom stereocenters. The summed E-state index contributed by atoms with van der Waals surface area (Å²) >= 11 is 0. The highest BCUT2D eigenvalue weighted by molar-refractivity contribution is 4.97. The van der Waals surface area contributed by atoms with Gasteiger partial charge in [-0.05, 0) is 37.7 Å². The maximum Gasteiger partial charge on any atom is 0.343 e. The Labute approximate surface area is 141 Å². The first-order chi connectivity index (χ1) is 11.7. The molecule has 4 rings (SSSR count). The van der Waals surface area contributed by atoms with E-state index in [1.165, 1.54) is 25.7 Å². The Kier molecular flexibility index (Phi) is 4.26. The fourth-order valence-electron chi connectivity index (χ4n) is 4.21. The summed E-state index contributed by atoms with van der Waals surface area (Å²) in [5, 5.41) is 15.0. The number of hydrogen-bond donors (Lipinski definition) is 2. The van der Waals surface area contributed by atoms with E-state index in [0.717, 1.165) is 25.1 Å². The highest BCUT2D eigenvalue weighted by atomic mass is 16.1. The van der Waals surface area contributed by atoms with Gasteiger partial charge >= 0.3 is 5.69 Å². The number of H-pyrrole nitrogens is 1. The van der Waals surface area contributed by atoms with Crippen LogP contribution in [0.15, 0.2) is 23.3 Å². The topological polar surface area (TPSA) is 80.5 Å². The Morgan fingerprint density at radius 3 is 2.88 bits per heavy atom. The number of aromatic nitrogens is 5. The van der Waals surface area contributed by atoms with E-state index >= 15 is 0 Å². The van der Waals surface area contributed by atoms with E-state index in [1.807, 2.05) is 12.3 Å². The molecule has 2 aliphatic rings. The van der Waals surface area contributed by atoms with Gasteiger partial charge in [-0.25, -0.2) is 9.89 Å². The molecule has 130 valence electrons. The van der Waals surface area contributed by atoms with Crippen LogP contribution in [0.25, 0.3) is 0 Å². The molecule has 0 bridgehead atoms. The minimum atomic E-state index is -0.119. The predicted molar refractivity (Wildman–Crippen MR) is 90.7 cm³/mol. The summed E-state index contributed by atoms with van der Waals surface area (Å²) in [5.41, 5.74) is -0.119. The monoisotopic (exact) mass is 330 g/mol. The maximum atomic E-state index is 11.6. The van der Waals surface area contributed by atoms with E-state index in [4.69, 9.17) is 0 Å². The van der Waals surface area contributed by atoms with Gasteiger partial charge in [-0.2, -0.15) is 10.2 Å². The number of nitrogens with zero attached hydrogens (tertiary/aromatic N) is 4. The molecule has 0 unspecified atom stereocenters. The summed E-state index contributed by atoms with van der Waals surface area (Å²) in [6, 6.07) is 3.67. The third kappa shape index (κ3) is 3.05. The molecule has 2 aromatic heterocycles. The fraction of sp³-hybridized carbons (Fsp3) is 0.706. The lowest BCUT2D eigenvalue weighted by atomic mass is 9.79. The smallest absolute Gasteiger partial charge is 0.311 e. The van der Waals surface area contributed by atoms with Gasteiger partial charge in [0.2, 0.25) is 0 Å². The first-order valence-electron chi connectivity index (χ1n) is 9.06. The molecule has 7 nitrogen and oxygen atoms in total. The predicted octanol–water partition coefficient (Wildman–Crippen LogP) is 1.40. The first kappa shape index (κ1) is 15.6.